The molecule has 2 aromatic heterocycles. The molecule has 156 valence electrons. The van der Waals surface area contributed by atoms with Crippen molar-refractivity contribution >= 4 is 22.9 Å². The molecule has 0 bridgehead atoms. The van der Waals surface area contributed by atoms with Gasteiger partial charge in [0.1, 0.15) is 11.4 Å². The highest BCUT2D eigenvalue weighted by molar-refractivity contribution is 7.13. The van der Waals surface area contributed by atoms with Crippen LogP contribution in [0.5, 0.6) is 5.75 Å². The fourth-order valence-corrected chi connectivity index (χ4v) is 4.56. The van der Waals surface area contributed by atoms with Gasteiger partial charge in [-0.15, -0.1) is 11.3 Å². The van der Waals surface area contributed by atoms with Crippen molar-refractivity contribution in [3.05, 3.63) is 83.9 Å². The average molecular weight is 431 g/mol. The summed E-state index contributed by atoms with van der Waals surface area (Å²) in [6, 6.07) is 21.0. The predicted octanol–water partition coefficient (Wildman–Crippen LogP) is 4.27. The molecule has 6 nitrogen and oxygen atoms in total. The molecule has 2 aromatic carbocycles. The first-order valence-electron chi connectivity index (χ1n) is 10.2. The zero-order valence-corrected chi connectivity index (χ0v) is 17.7. The molecule has 31 heavy (non-hydrogen) atoms. The summed E-state index contributed by atoms with van der Waals surface area (Å²) in [7, 11) is 0. The lowest BCUT2D eigenvalue weighted by Gasteiger charge is -2.36. The van der Waals surface area contributed by atoms with Gasteiger partial charge in [0.05, 0.1) is 16.1 Å². The molecule has 0 atom stereocenters. The molecule has 1 fully saturated rings. The first-order valence-corrected chi connectivity index (χ1v) is 11.1. The van der Waals surface area contributed by atoms with Crippen LogP contribution in [0.25, 0.3) is 16.3 Å². The molecule has 4 aromatic rings. The Balaban J connectivity index is 1.39. The molecule has 0 saturated carbocycles. The number of phenols is 1. The molecule has 1 aliphatic rings. The van der Waals surface area contributed by atoms with Crippen molar-refractivity contribution in [1.29, 1.82) is 0 Å². The van der Waals surface area contributed by atoms with Crippen molar-refractivity contribution in [3.8, 4) is 22.0 Å². The van der Waals surface area contributed by atoms with Crippen molar-refractivity contribution in [2.45, 2.75) is 0 Å². The maximum absolute atomic E-state index is 13.5. The fourth-order valence-electron chi connectivity index (χ4n) is 3.84. The van der Waals surface area contributed by atoms with E-state index in [-0.39, 0.29) is 11.7 Å². The molecule has 1 saturated heterocycles. The van der Waals surface area contributed by atoms with E-state index in [1.807, 2.05) is 71.1 Å². The summed E-state index contributed by atoms with van der Waals surface area (Å²) < 4.78 is 1.79. The number of amides is 1. The Morgan fingerprint density at radius 1 is 0.871 bits per heavy atom. The quantitative estimate of drug-likeness (QED) is 0.525. The van der Waals surface area contributed by atoms with Crippen molar-refractivity contribution in [2.24, 2.45) is 0 Å². The Morgan fingerprint density at radius 2 is 1.61 bits per heavy atom. The summed E-state index contributed by atoms with van der Waals surface area (Å²) in [6.45, 7) is 2.77. The molecule has 1 amide bonds. The number of para-hydroxylation sites is 1. The van der Waals surface area contributed by atoms with E-state index < -0.39 is 0 Å². The zero-order valence-electron chi connectivity index (χ0n) is 16.9. The largest absolute Gasteiger partial charge is 0.508 e. The van der Waals surface area contributed by atoms with Gasteiger partial charge < -0.3 is 14.9 Å². The minimum absolute atomic E-state index is 0.0101. The van der Waals surface area contributed by atoms with Crippen molar-refractivity contribution in [1.82, 2.24) is 14.7 Å². The highest BCUT2D eigenvalue weighted by atomic mass is 32.1. The number of piperazine rings is 1. The van der Waals surface area contributed by atoms with Gasteiger partial charge in [0.25, 0.3) is 5.91 Å². The van der Waals surface area contributed by atoms with E-state index in [0.29, 0.717) is 18.7 Å². The molecular weight excluding hydrogens is 408 g/mol. The summed E-state index contributed by atoms with van der Waals surface area (Å²) >= 11 is 1.59. The number of anilines is 1. The third-order valence-corrected chi connectivity index (χ3v) is 6.38. The Morgan fingerprint density at radius 3 is 2.29 bits per heavy atom. The summed E-state index contributed by atoms with van der Waals surface area (Å²) in [5.41, 5.74) is 3.34. The van der Waals surface area contributed by atoms with E-state index in [9.17, 15) is 9.90 Å². The maximum atomic E-state index is 13.5. The van der Waals surface area contributed by atoms with Crippen molar-refractivity contribution in [3.63, 3.8) is 0 Å². The number of hydrogen-bond donors (Lipinski definition) is 1. The summed E-state index contributed by atoms with van der Waals surface area (Å²) in [5.74, 6) is 0.269. The normalized spacial score (nSPS) is 14.1. The monoisotopic (exact) mass is 430 g/mol. The van der Waals surface area contributed by atoms with Crippen LogP contribution < -0.4 is 4.90 Å². The van der Waals surface area contributed by atoms with Crippen molar-refractivity contribution < 1.29 is 9.90 Å². The Hall–Kier alpha value is -3.58. The number of benzene rings is 2. The minimum atomic E-state index is 0.0101. The van der Waals surface area contributed by atoms with Crippen LogP contribution in [0.4, 0.5) is 5.69 Å². The van der Waals surface area contributed by atoms with Gasteiger partial charge in [-0.2, -0.15) is 5.10 Å². The van der Waals surface area contributed by atoms with Gasteiger partial charge in [0.15, 0.2) is 0 Å². The highest BCUT2D eigenvalue weighted by Gasteiger charge is 2.27. The van der Waals surface area contributed by atoms with Gasteiger partial charge >= 0.3 is 0 Å². The number of rotatable bonds is 4. The van der Waals surface area contributed by atoms with Crippen molar-refractivity contribution in [2.75, 3.05) is 31.1 Å². The second-order valence-corrected chi connectivity index (χ2v) is 8.39. The molecule has 1 aliphatic heterocycles. The number of carbonyl (C=O) groups is 1. The second kappa shape index (κ2) is 8.28. The molecule has 0 aliphatic carbocycles. The molecule has 3 heterocycles. The lowest BCUT2D eigenvalue weighted by Crippen LogP contribution is -2.48. The van der Waals surface area contributed by atoms with Crippen LogP contribution in [0.15, 0.2) is 78.3 Å². The van der Waals surface area contributed by atoms with Crippen LogP contribution in [-0.2, 0) is 0 Å². The highest BCUT2D eigenvalue weighted by Crippen LogP contribution is 2.29. The number of aromatic nitrogens is 2. The van der Waals surface area contributed by atoms with Crippen LogP contribution in [0, 0.1) is 0 Å². The molecule has 5 rings (SSSR count). The molecule has 0 spiro atoms. The first-order chi connectivity index (χ1) is 15.2. The van der Waals surface area contributed by atoms with Gasteiger partial charge in [-0.05, 0) is 47.8 Å². The van der Waals surface area contributed by atoms with Crippen LogP contribution in [0.2, 0.25) is 0 Å². The topological polar surface area (TPSA) is 61.6 Å². The Kier molecular flexibility index (Phi) is 5.18. The van der Waals surface area contributed by atoms with Crippen LogP contribution in [-0.4, -0.2) is 51.9 Å². The molecule has 7 heteroatoms. The third kappa shape index (κ3) is 3.92. The summed E-state index contributed by atoms with van der Waals surface area (Å²) in [5, 5.41) is 16.3. The lowest BCUT2D eigenvalue weighted by atomic mass is 10.1. The van der Waals surface area contributed by atoms with Gasteiger partial charge in [-0.25, -0.2) is 4.68 Å². The number of thiophene rings is 1. The molecule has 1 N–H and O–H groups in total. The average Bonchev–Trinajstić information content (AvgIpc) is 3.50. The molecule has 0 unspecified atom stereocenters. The van der Waals surface area contributed by atoms with Crippen LogP contribution in [0.1, 0.15) is 10.4 Å². The smallest absolute Gasteiger partial charge is 0.257 e. The van der Waals surface area contributed by atoms with Gasteiger partial charge in [0.2, 0.25) is 0 Å². The number of phenolic OH excluding ortho intramolecular Hbond substituents is 1. The van der Waals surface area contributed by atoms with Crippen LogP contribution in [0.3, 0.4) is 0 Å². The molecule has 0 radical (unpaired) electrons. The third-order valence-electron chi connectivity index (χ3n) is 5.50. The van der Waals surface area contributed by atoms with Gasteiger partial charge in [0, 0.05) is 38.1 Å². The Labute approximate surface area is 184 Å². The fraction of sp³-hybridized carbons (Fsp3) is 0.167. The second-order valence-electron chi connectivity index (χ2n) is 7.44. The lowest BCUT2D eigenvalue weighted by molar-refractivity contribution is 0.0747. The first kappa shape index (κ1) is 19.4. The van der Waals surface area contributed by atoms with E-state index >= 15 is 0 Å². The van der Waals surface area contributed by atoms with Gasteiger partial charge in [-0.1, -0.05) is 24.3 Å². The summed E-state index contributed by atoms with van der Waals surface area (Å²) in [6.07, 6.45) is 1.85. The zero-order chi connectivity index (χ0) is 21.2. The van der Waals surface area contributed by atoms with E-state index in [1.165, 1.54) is 0 Å². The number of hydrogen-bond acceptors (Lipinski definition) is 5. The number of aromatic hydroxyl groups is 1. The summed E-state index contributed by atoms with van der Waals surface area (Å²) in [4.78, 5) is 18.6. The van der Waals surface area contributed by atoms with Crippen LogP contribution >= 0.6 is 11.3 Å². The van der Waals surface area contributed by atoms with Gasteiger partial charge in [-0.3, -0.25) is 4.79 Å². The minimum Gasteiger partial charge on any atom is -0.508 e. The van der Waals surface area contributed by atoms with E-state index in [4.69, 9.17) is 5.10 Å². The number of nitrogens with zero attached hydrogens (tertiary/aromatic N) is 4. The van der Waals surface area contributed by atoms with E-state index in [2.05, 4.69) is 4.90 Å². The molecular formula is C24H22N4O2S. The standard InChI is InChI=1S/C24H22N4O2S/c29-20-10-8-18(9-11-20)26-12-14-27(15-13-26)24(30)21-17-28(19-5-2-1-3-6-19)25-23(21)22-7-4-16-31-22/h1-11,16-17,29H,12-15H2. The Bertz CT molecular complexity index is 1160. The maximum Gasteiger partial charge on any atom is 0.257 e. The van der Waals surface area contributed by atoms with E-state index in [1.54, 1.807) is 28.2 Å². The SMILES string of the molecule is O=C(c1cn(-c2ccccc2)nc1-c1cccs1)N1CCN(c2ccc(O)cc2)CC1. The van der Waals surface area contributed by atoms with E-state index in [0.717, 1.165) is 35.0 Å². The number of carbonyl (C=O) groups excluding carboxylic acids is 1. The predicted molar refractivity (Wildman–Crippen MR) is 123 cm³/mol.